The van der Waals surface area contributed by atoms with Crippen LogP contribution in [0.3, 0.4) is 0 Å². The minimum Gasteiger partial charge on any atom is -0.481 e. The standard InChI is InChI=1S/C21H16Cl2FN7O3S/c1-9-29-31-17-12(28-21(31)35-9)4-5-30(18(17)16-11(24)6-10(22)7-26-16)15(32)8-34-14-3-2-13(20(25)33)27-19(14)23/h2-3,6-7,18H,4-5,8H2,1H3,(H2,25,33). The fourth-order valence-corrected chi connectivity index (χ4v) is 5.04. The van der Waals surface area contributed by atoms with Gasteiger partial charge in [0.1, 0.15) is 28.3 Å². The van der Waals surface area contributed by atoms with Gasteiger partial charge in [-0.1, -0.05) is 34.5 Å². The van der Waals surface area contributed by atoms with Crippen molar-refractivity contribution < 1.29 is 18.7 Å². The van der Waals surface area contributed by atoms with Crippen LogP contribution in [-0.4, -0.2) is 54.4 Å². The summed E-state index contributed by atoms with van der Waals surface area (Å²) in [6, 6.07) is 2.97. The second-order valence-corrected chi connectivity index (χ2v) is 9.61. The van der Waals surface area contributed by atoms with E-state index in [1.807, 2.05) is 6.92 Å². The third-order valence-electron chi connectivity index (χ3n) is 5.41. The lowest BCUT2D eigenvalue weighted by Crippen LogP contribution is -2.44. The zero-order chi connectivity index (χ0) is 24.9. The second kappa shape index (κ2) is 9.02. The Hall–Kier alpha value is -3.35. The van der Waals surface area contributed by atoms with Crippen molar-refractivity contribution in [3.8, 4) is 5.75 Å². The molecule has 0 aliphatic carbocycles. The van der Waals surface area contributed by atoms with Crippen LogP contribution in [0.2, 0.25) is 10.2 Å². The number of hydrogen-bond acceptors (Lipinski definition) is 8. The summed E-state index contributed by atoms with van der Waals surface area (Å²) < 4.78 is 22.3. The van der Waals surface area contributed by atoms with Crippen LogP contribution in [0.15, 0.2) is 24.4 Å². The first-order valence-electron chi connectivity index (χ1n) is 10.3. The van der Waals surface area contributed by atoms with Crippen LogP contribution < -0.4 is 10.5 Å². The number of ether oxygens (including phenoxy) is 1. The number of nitrogens with two attached hydrogens (primary N) is 1. The van der Waals surface area contributed by atoms with Crippen LogP contribution >= 0.6 is 34.5 Å². The number of rotatable bonds is 5. The van der Waals surface area contributed by atoms with Gasteiger partial charge in [-0.05, 0) is 25.1 Å². The average molecular weight is 536 g/mol. The van der Waals surface area contributed by atoms with E-state index in [0.29, 0.717) is 22.8 Å². The average Bonchev–Trinajstić information content (AvgIpc) is 3.33. The van der Waals surface area contributed by atoms with E-state index in [4.69, 9.17) is 33.7 Å². The zero-order valence-electron chi connectivity index (χ0n) is 18.0. The van der Waals surface area contributed by atoms with Gasteiger partial charge in [0, 0.05) is 19.2 Å². The first-order valence-corrected chi connectivity index (χ1v) is 11.8. The van der Waals surface area contributed by atoms with E-state index in [9.17, 15) is 9.59 Å². The van der Waals surface area contributed by atoms with E-state index in [1.54, 1.807) is 4.52 Å². The molecule has 2 amide bonds. The Labute approximate surface area is 211 Å². The van der Waals surface area contributed by atoms with Gasteiger partial charge in [-0.3, -0.25) is 14.6 Å². The summed E-state index contributed by atoms with van der Waals surface area (Å²) in [5.74, 6) is -1.76. The molecule has 0 spiro atoms. The number of aromatic nitrogens is 5. The summed E-state index contributed by atoms with van der Waals surface area (Å²) in [6.07, 6.45) is 1.77. The van der Waals surface area contributed by atoms with Crippen LogP contribution in [0.5, 0.6) is 5.75 Å². The third kappa shape index (κ3) is 4.28. The molecule has 1 unspecified atom stereocenters. The maximum Gasteiger partial charge on any atom is 0.267 e. The number of nitrogens with zero attached hydrogens (tertiary/aromatic N) is 6. The highest BCUT2D eigenvalue weighted by Crippen LogP contribution is 2.37. The Balaban J connectivity index is 1.50. The summed E-state index contributed by atoms with van der Waals surface area (Å²) in [5.41, 5.74) is 6.45. The molecule has 0 saturated carbocycles. The summed E-state index contributed by atoms with van der Waals surface area (Å²) in [7, 11) is 0. The van der Waals surface area contributed by atoms with Crippen molar-refractivity contribution in [2.75, 3.05) is 13.2 Å². The first-order chi connectivity index (χ1) is 16.7. The van der Waals surface area contributed by atoms with Crippen molar-refractivity contribution in [3.63, 3.8) is 0 Å². The van der Waals surface area contributed by atoms with Crippen LogP contribution in [0.4, 0.5) is 4.39 Å². The van der Waals surface area contributed by atoms with Gasteiger partial charge in [0.2, 0.25) is 4.96 Å². The van der Waals surface area contributed by atoms with Gasteiger partial charge in [0.05, 0.1) is 16.4 Å². The van der Waals surface area contributed by atoms with Crippen molar-refractivity contribution >= 4 is 51.3 Å². The topological polar surface area (TPSA) is 129 Å². The Kier molecular flexibility index (Phi) is 6.03. The Morgan fingerprint density at radius 3 is 2.83 bits per heavy atom. The number of aryl methyl sites for hydroxylation is 1. The van der Waals surface area contributed by atoms with Gasteiger partial charge in [0.25, 0.3) is 11.8 Å². The molecule has 5 rings (SSSR count). The van der Waals surface area contributed by atoms with E-state index in [1.165, 1.54) is 34.6 Å². The number of primary amides is 1. The van der Waals surface area contributed by atoms with Gasteiger partial charge in [0.15, 0.2) is 17.5 Å². The summed E-state index contributed by atoms with van der Waals surface area (Å²) in [4.78, 5) is 39.4. The van der Waals surface area contributed by atoms with E-state index in [0.717, 1.165) is 11.1 Å². The van der Waals surface area contributed by atoms with Crippen LogP contribution in [0.1, 0.15) is 38.6 Å². The van der Waals surface area contributed by atoms with Gasteiger partial charge >= 0.3 is 0 Å². The molecular formula is C21H16Cl2FN7O3S. The summed E-state index contributed by atoms with van der Waals surface area (Å²) in [5, 5.41) is 5.28. The molecule has 4 aromatic heterocycles. The fraction of sp³-hybridized carbons (Fsp3) is 0.238. The smallest absolute Gasteiger partial charge is 0.267 e. The maximum absolute atomic E-state index is 15.1. The minimum atomic E-state index is -0.908. The largest absolute Gasteiger partial charge is 0.481 e. The Morgan fingerprint density at radius 2 is 2.11 bits per heavy atom. The van der Waals surface area contributed by atoms with Crippen molar-refractivity contribution in [1.82, 2.24) is 29.5 Å². The van der Waals surface area contributed by atoms with Crippen molar-refractivity contribution in [3.05, 3.63) is 68.2 Å². The molecular weight excluding hydrogens is 520 g/mol. The first kappa shape index (κ1) is 23.4. The lowest BCUT2D eigenvalue weighted by atomic mass is 9.98. The number of carbonyl (C=O) groups excluding carboxylic acids is 2. The van der Waals surface area contributed by atoms with Crippen molar-refractivity contribution in [2.24, 2.45) is 5.73 Å². The molecule has 4 aromatic rings. The molecule has 0 fully saturated rings. The van der Waals surface area contributed by atoms with Gasteiger partial charge < -0.3 is 15.4 Å². The van der Waals surface area contributed by atoms with E-state index in [-0.39, 0.29) is 33.9 Å². The molecule has 0 saturated heterocycles. The SMILES string of the molecule is Cc1nn2c3c(nc2s1)CCN(C(=O)COc1ccc(C(N)=O)nc1Cl)C3c1ncc(Cl)cc1F. The quantitative estimate of drug-likeness (QED) is 0.389. The summed E-state index contributed by atoms with van der Waals surface area (Å²) in [6.45, 7) is 1.67. The normalized spacial score (nSPS) is 15.3. The molecule has 180 valence electrons. The highest BCUT2D eigenvalue weighted by Gasteiger charge is 2.39. The summed E-state index contributed by atoms with van der Waals surface area (Å²) >= 11 is 13.4. The van der Waals surface area contributed by atoms with Gasteiger partial charge in [-0.2, -0.15) is 5.10 Å². The van der Waals surface area contributed by atoms with Crippen LogP contribution in [0, 0.1) is 12.7 Å². The number of fused-ring (bicyclic) bond motifs is 3. The number of carbonyl (C=O) groups is 2. The predicted molar refractivity (Wildman–Crippen MR) is 125 cm³/mol. The van der Waals surface area contributed by atoms with Crippen LogP contribution in [0.25, 0.3) is 4.96 Å². The number of amides is 2. The predicted octanol–water partition coefficient (Wildman–Crippen LogP) is 2.99. The molecule has 5 heterocycles. The lowest BCUT2D eigenvalue weighted by molar-refractivity contribution is -0.135. The lowest BCUT2D eigenvalue weighted by Gasteiger charge is -2.34. The molecule has 1 aliphatic heterocycles. The van der Waals surface area contributed by atoms with Crippen molar-refractivity contribution in [2.45, 2.75) is 19.4 Å². The third-order valence-corrected chi connectivity index (χ3v) is 6.71. The molecule has 1 aliphatic rings. The molecule has 0 bridgehead atoms. The highest BCUT2D eigenvalue weighted by molar-refractivity contribution is 7.16. The van der Waals surface area contributed by atoms with Crippen molar-refractivity contribution in [1.29, 1.82) is 0 Å². The van der Waals surface area contributed by atoms with Gasteiger partial charge in [-0.15, -0.1) is 0 Å². The molecule has 0 aromatic carbocycles. The number of hydrogen-bond donors (Lipinski definition) is 1. The number of halogens is 3. The molecule has 2 N–H and O–H groups in total. The Morgan fingerprint density at radius 1 is 1.31 bits per heavy atom. The minimum absolute atomic E-state index is 0.0154. The van der Waals surface area contributed by atoms with E-state index < -0.39 is 30.3 Å². The molecule has 1 atom stereocenters. The highest BCUT2D eigenvalue weighted by atomic mass is 35.5. The number of imidazole rings is 1. The second-order valence-electron chi connectivity index (χ2n) is 7.66. The maximum atomic E-state index is 15.1. The fourth-order valence-electron chi connectivity index (χ4n) is 3.92. The molecule has 14 heteroatoms. The van der Waals surface area contributed by atoms with Gasteiger partial charge in [-0.25, -0.2) is 18.9 Å². The molecule has 10 nitrogen and oxygen atoms in total. The zero-order valence-corrected chi connectivity index (χ0v) is 20.4. The Bertz CT molecular complexity index is 1490. The van der Waals surface area contributed by atoms with E-state index in [2.05, 4.69) is 20.1 Å². The molecule has 35 heavy (non-hydrogen) atoms. The van der Waals surface area contributed by atoms with E-state index >= 15 is 4.39 Å². The van der Waals surface area contributed by atoms with Crippen LogP contribution in [-0.2, 0) is 11.2 Å². The monoisotopic (exact) mass is 535 g/mol. The molecule has 0 radical (unpaired) electrons. The number of pyridine rings is 2.